The van der Waals surface area contributed by atoms with Gasteiger partial charge in [-0.3, -0.25) is 4.79 Å². The van der Waals surface area contributed by atoms with E-state index in [2.05, 4.69) is 37.4 Å². The van der Waals surface area contributed by atoms with E-state index in [1.807, 2.05) is 37.8 Å². The predicted octanol–water partition coefficient (Wildman–Crippen LogP) is 6.44. The van der Waals surface area contributed by atoms with Gasteiger partial charge in [0.1, 0.15) is 22.8 Å². The Morgan fingerprint density at radius 2 is 1.82 bits per heavy atom. The molecule has 38 heavy (non-hydrogen) atoms. The van der Waals surface area contributed by atoms with Crippen LogP contribution in [0.4, 0.5) is 4.39 Å². The third-order valence-corrected chi connectivity index (χ3v) is 7.09. The van der Waals surface area contributed by atoms with Crippen molar-refractivity contribution in [1.82, 2.24) is 19.9 Å². The van der Waals surface area contributed by atoms with Crippen molar-refractivity contribution in [2.24, 2.45) is 0 Å². The summed E-state index contributed by atoms with van der Waals surface area (Å²) in [4.78, 5) is 22.5. The Bertz CT molecular complexity index is 1530. The summed E-state index contributed by atoms with van der Waals surface area (Å²) >= 11 is 0. The standard InChI is InChI=1S/C30H33FN4O3/c1-18-14-23(33-38-18)19(2)34-12-13-35(30(6,7)17-34)28(36)26-16-25-27(37-26)22(29(3,4)5)15-24(32-25)20-8-10-21(31)11-9-20/h8-11,14-16H,2,12-13,17H2,1,3-7H3. The van der Waals surface area contributed by atoms with Crippen LogP contribution in [0, 0.1) is 12.7 Å². The average Bonchev–Trinajstić information content (AvgIpc) is 3.48. The highest BCUT2D eigenvalue weighted by molar-refractivity contribution is 5.97. The summed E-state index contributed by atoms with van der Waals surface area (Å²) < 4.78 is 25.0. The fourth-order valence-corrected chi connectivity index (χ4v) is 5.01. The summed E-state index contributed by atoms with van der Waals surface area (Å²) in [7, 11) is 0. The van der Waals surface area contributed by atoms with Crippen molar-refractivity contribution in [3.63, 3.8) is 0 Å². The first-order valence-corrected chi connectivity index (χ1v) is 12.7. The minimum Gasteiger partial charge on any atom is -0.449 e. The van der Waals surface area contributed by atoms with Gasteiger partial charge in [-0.1, -0.05) is 32.5 Å². The number of benzene rings is 1. The van der Waals surface area contributed by atoms with Gasteiger partial charge in [-0.2, -0.15) is 0 Å². The maximum absolute atomic E-state index is 13.8. The van der Waals surface area contributed by atoms with Crippen molar-refractivity contribution >= 4 is 22.7 Å². The van der Waals surface area contributed by atoms with Gasteiger partial charge >= 0.3 is 0 Å². The molecule has 198 valence electrons. The highest BCUT2D eigenvalue weighted by Crippen LogP contribution is 2.36. The van der Waals surface area contributed by atoms with Crippen LogP contribution in [0.3, 0.4) is 0 Å². The lowest BCUT2D eigenvalue weighted by Crippen LogP contribution is -2.60. The summed E-state index contributed by atoms with van der Waals surface area (Å²) in [6, 6.07) is 11.8. The lowest BCUT2D eigenvalue weighted by Gasteiger charge is -2.47. The Hall–Kier alpha value is -3.94. The Kier molecular flexibility index (Phi) is 6.16. The van der Waals surface area contributed by atoms with Crippen LogP contribution < -0.4 is 0 Å². The molecule has 3 aromatic heterocycles. The summed E-state index contributed by atoms with van der Waals surface area (Å²) in [5.74, 6) is 0.495. The number of hydrogen-bond acceptors (Lipinski definition) is 6. The Balaban J connectivity index is 1.46. The first-order valence-electron chi connectivity index (χ1n) is 12.7. The fourth-order valence-electron chi connectivity index (χ4n) is 5.01. The summed E-state index contributed by atoms with van der Waals surface area (Å²) in [5.41, 5.74) is 4.36. The van der Waals surface area contributed by atoms with Gasteiger partial charge < -0.3 is 18.7 Å². The van der Waals surface area contributed by atoms with Crippen LogP contribution in [0.1, 0.15) is 62.2 Å². The highest BCUT2D eigenvalue weighted by atomic mass is 19.1. The zero-order valence-electron chi connectivity index (χ0n) is 22.8. The minimum atomic E-state index is -0.490. The first-order chi connectivity index (χ1) is 17.8. The van der Waals surface area contributed by atoms with Gasteiger partial charge in [0.05, 0.1) is 16.9 Å². The predicted molar refractivity (Wildman–Crippen MR) is 145 cm³/mol. The van der Waals surface area contributed by atoms with Gasteiger partial charge in [0.25, 0.3) is 5.91 Å². The van der Waals surface area contributed by atoms with E-state index < -0.39 is 5.54 Å². The van der Waals surface area contributed by atoms with Crippen LogP contribution in [0.2, 0.25) is 0 Å². The third kappa shape index (κ3) is 4.71. The molecular formula is C30H33FN4O3. The molecular weight excluding hydrogens is 483 g/mol. The number of pyridine rings is 1. The first kappa shape index (κ1) is 25.7. The number of hydrogen-bond donors (Lipinski definition) is 0. The van der Waals surface area contributed by atoms with Crippen molar-refractivity contribution in [3.8, 4) is 11.3 Å². The zero-order chi connectivity index (χ0) is 27.4. The molecule has 0 spiro atoms. The average molecular weight is 517 g/mol. The van der Waals surface area contributed by atoms with E-state index in [4.69, 9.17) is 13.9 Å². The molecule has 0 saturated carbocycles. The number of fused-ring (bicyclic) bond motifs is 1. The molecule has 0 bridgehead atoms. The van der Waals surface area contributed by atoms with Crippen molar-refractivity contribution in [3.05, 3.63) is 77.6 Å². The van der Waals surface area contributed by atoms with E-state index in [0.717, 1.165) is 22.6 Å². The number of halogens is 1. The molecule has 1 aromatic carbocycles. The van der Waals surface area contributed by atoms with Crippen LogP contribution in [0.15, 0.2) is 58.0 Å². The van der Waals surface area contributed by atoms with Crippen molar-refractivity contribution < 1.29 is 18.1 Å². The van der Waals surface area contributed by atoms with Crippen LogP contribution in [-0.4, -0.2) is 51.0 Å². The number of aromatic nitrogens is 2. The molecule has 4 heterocycles. The van der Waals surface area contributed by atoms with Crippen LogP contribution in [-0.2, 0) is 5.41 Å². The van der Waals surface area contributed by atoms with Crippen LogP contribution in [0.5, 0.6) is 0 Å². The number of piperazine rings is 1. The van der Waals surface area contributed by atoms with E-state index in [-0.39, 0.29) is 22.9 Å². The summed E-state index contributed by atoms with van der Waals surface area (Å²) in [6.07, 6.45) is 0. The molecule has 0 unspecified atom stereocenters. The Morgan fingerprint density at radius 3 is 2.42 bits per heavy atom. The third-order valence-electron chi connectivity index (χ3n) is 7.09. The zero-order valence-corrected chi connectivity index (χ0v) is 22.8. The number of aryl methyl sites for hydroxylation is 1. The lowest BCUT2D eigenvalue weighted by molar-refractivity contribution is 0.0287. The SMILES string of the molecule is C=C(c1cc(C)on1)N1CCN(C(=O)c2cc3nc(-c4ccc(F)cc4)cc(C(C)(C)C)c3o2)C(C)(C)C1. The normalized spacial score (nSPS) is 15.8. The quantitative estimate of drug-likeness (QED) is 0.311. The topological polar surface area (TPSA) is 75.6 Å². The molecule has 5 rings (SSSR count). The number of rotatable bonds is 4. The molecule has 1 aliphatic rings. The molecule has 1 amide bonds. The molecule has 0 atom stereocenters. The van der Waals surface area contributed by atoms with E-state index in [0.29, 0.717) is 42.1 Å². The molecule has 1 fully saturated rings. The largest absolute Gasteiger partial charge is 0.449 e. The molecule has 1 saturated heterocycles. The number of amides is 1. The maximum atomic E-state index is 13.8. The van der Waals surface area contributed by atoms with E-state index in [1.54, 1.807) is 18.2 Å². The smallest absolute Gasteiger partial charge is 0.290 e. The van der Waals surface area contributed by atoms with Gasteiger partial charge in [0.2, 0.25) is 0 Å². The second-order valence-electron chi connectivity index (χ2n) is 11.6. The Morgan fingerprint density at radius 1 is 1.11 bits per heavy atom. The van der Waals surface area contributed by atoms with E-state index in [9.17, 15) is 9.18 Å². The number of carbonyl (C=O) groups is 1. The second kappa shape index (κ2) is 9.11. The van der Waals surface area contributed by atoms with Crippen molar-refractivity contribution in [2.45, 2.75) is 52.5 Å². The molecule has 1 aliphatic heterocycles. The molecule has 4 aromatic rings. The lowest BCUT2D eigenvalue weighted by atomic mass is 9.86. The summed E-state index contributed by atoms with van der Waals surface area (Å²) in [6.45, 7) is 18.1. The van der Waals surface area contributed by atoms with Crippen LogP contribution in [0.25, 0.3) is 28.1 Å². The van der Waals surface area contributed by atoms with Gasteiger partial charge in [-0.25, -0.2) is 9.37 Å². The highest BCUT2D eigenvalue weighted by Gasteiger charge is 2.39. The minimum absolute atomic E-state index is 0.182. The Labute approximate surface area is 221 Å². The fraction of sp³-hybridized carbons (Fsp3) is 0.367. The molecule has 0 N–H and O–H groups in total. The van der Waals surface area contributed by atoms with Gasteiger partial charge in [0.15, 0.2) is 11.3 Å². The van der Waals surface area contributed by atoms with Gasteiger partial charge in [0, 0.05) is 42.9 Å². The van der Waals surface area contributed by atoms with Crippen molar-refractivity contribution in [1.29, 1.82) is 0 Å². The van der Waals surface area contributed by atoms with Gasteiger partial charge in [-0.05, 0) is 56.5 Å². The number of carbonyl (C=O) groups excluding carboxylic acids is 1. The summed E-state index contributed by atoms with van der Waals surface area (Å²) in [5, 5.41) is 4.09. The molecule has 7 nitrogen and oxygen atoms in total. The van der Waals surface area contributed by atoms with E-state index >= 15 is 0 Å². The molecule has 0 aliphatic carbocycles. The maximum Gasteiger partial charge on any atom is 0.290 e. The van der Waals surface area contributed by atoms with Crippen LogP contribution >= 0.6 is 0 Å². The second-order valence-corrected chi connectivity index (χ2v) is 11.6. The van der Waals surface area contributed by atoms with E-state index in [1.165, 1.54) is 12.1 Å². The molecule has 8 heteroatoms. The molecule has 0 radical (unpaired) electrons. The number of furan rings is 1. The monoisotopic (exact) mass is 516 g/mol. The number of nitrogens with zero attached hydrogens (tertiary/aromatic N) is 4. The van der Waals surface area contributed by atoms with Gasteiger partial charge in [-0.15, -0.1) is 0 Å². The van der Waals surface area contributed by atoms with Crippen molar-refractivity contribution in [2.75, 3.05) is 19.6 Å².